The van der Waals surface area contributed by atoms with E-state index in [1.807, 2.05) is 72.8 Å². The van der Waals surface area contributed by atoms with Gasteiger partial charge in [-0.15, -0.1) is 11.3 Å². The minimum absolute atomic E-state index is 0.0350. The van der Waals surface area contributed by atoms with Gasteiger partial charge in [0.15, 0.2) is 4.34 Å². The number of rotatable bonds is 6. The number of para-hydroxylation sites is 1. The van der Waals surface area contributed by atoms with Gasteiger partial charge in [0.2, 0.25) is 0 Å². The van der Waals surface area contributed by atoms with Crippen molar-refractivity contribution in [2.45, 2.75) is 16.8 Å². The van der Waals surface area contributed by atoms with Gasteiger partial charge in [0.25, 0.3) is 5.91 Å². The molecule has 0 bridgehead atoms. The van der Waals surface area contributed by atoms with E-state index < -0.39 is 0 Å². The first-order valence-electron chi connectivity index (χ1n) is 10.4. The molecule has 0 aliphatic carbocycles. The number of thiazole rings is 1. The summed E-state index contributed by atoms with van der Waals surface area (Å²) in [5.74, 6) is 1.03. The summed E-state index contributed by atoms with van der Waals surface area (Å²) in [6.45, 7) is 0. The van der Waals surface area contributed by atoms with Crippen LogP contribution in [0, 0.1) is 0 Å². The number of carbonyl (C=O) groups is 1. The van der Waals surface area contributed by atoms with Crippen molar-refractivity contribution in [2.24, 2.45) is 5.10 Å². The van der Waals surface area contributed by atoms with Crippen LogP contribution in [0.15, 0.2) is 86.7 Å². The number of ether oxygens (including phenoxy) is 1. The molecule has 166 valence electrons. The highest BCUT2D eigenvalue weighted by Gasteiger charge is 2.33. The maximum Gasteiger partial charge on any atom is 0.253 e. The van der Waals surface area contributed by atoms with Crippen molar-refractivity contribution < 1.29 is 9.53 Å². The maximum absolute atomic E-state index is 13.3. The van der Waals surface area contributed by atoms with Gasteiger partial charge in [0.1, 0.15) is 5.75 Å². The fourth-order valence-corrected chi connectivity index (χ4v) is 5.93. The number of hydrazone groups is 1. The van der Waals surface area contributed by atoms with Gasteiger partial charge in [0, 0.05) is 10.9 Å². The summed E-state index contributed by atoms with van der Waals surface area (Å²) in [4.78, 5) is 17.9. The zero-order chi connectivity index (χ0) is 22.8. The van der Waals surface area contributed by atoms with E-state index in [-0.39, 0.29) is 17.7 Å². The van der Waals surface area contributed by atoms with Crippen LogP contribution >= 0.6 is 39.0 Å². The van der Waals surface area contributed by atoms with Gasteiger partial charge in [0.05, 0.1) is 34.8 Å². The van der Waals surface area contributed by atoms with E-state index in [4.69, 9.17) is 9.84 Å². The van der Waals surface area contributed by atoms with Crippen LogP contribution < -0.4 is 4.74 Å². The zero-order valence-corrected chi connectivity index (χ0v) is 21.0. The number of benzene rings is 3. The highest BCUT2D eigenvalue weighted by Crippen LogP contribution is 2.35. The summed E-state index contributed by atoms with van der Waals surface area (Å²) in [5, 5.41) is 6.41. The Morgan fingerprint density at radius 2 is 1.88 bits per heavy atom. The van der Waals surface area contributed by atoms with Crippen LogP contribution in [0.2, 0.25) is 0 Å². The molecule has 4 aromatic rings. The second-order valence-electron chi connectivity index (χ2n) is 7.52. The number of hydrogen-bond donors (Lipinski definition) is 0. The first-order valence-corrected chi connectivity index (χ1v) is 13.0. The lowest BCUT2D eigenvalue weighted by atomic mass is 9.98. The lowest BCUT2D eigenvalue weighted by Crippen LogP contribution is -2.28. The van der Waals surface area contributed by atoms with E-state index in [1.165, 1.54) is 11.8 Å². The molecule has 1 aromatic heterocycles. The van der Waals surface area contributed by atoms with E-state index in [9.17, 15) is 4.79 Å². The monoisotopic (exact) mass is 537 g/mol. The Morgan fingerprint density at radius 1 is 1.12 bits per heavy atom. The summed E-state index contributed by atoms with van der Waals surface area (Å²) in [7, 11) is 1.65. The van der Waals surface area contributed by atoms with Crippen LogP contribution in [0.25, 0.3) is 10.2 Å². The van der Waals surface area contributed by atoms with Gasteiger partial charge in [-0.1, -0.05) is 64.1 Å². The molecule has 5 rings (SSSR count). The molecule has 0 saturated carbocycles. The van der Waals surface area contributed by atoms with Gasteiger partial charge in [-0.2, -0.15) is 5.10 Å². The minimum atomic E-state index is -0.155. The normalized spacial score (nSPS) is 15.6. The molecule has 0 fully saturated rings. The molecule has 1 aliphatic heterocycles. The largest absolute Gasteiger partial charge is 0.497 e. The minimum Gasteiger partial charge on any atom is -0.497 e. The van der Waals surface area contributed by atoms with Crippen molar-refractivity contribution >= 4 is 60.9 Å². The molecule has 1 aliphatic rings. The maximum atomic E-state index is 13.3. The van der Waals surface area contributed by atoms with Crippen molar-refractivity contribution in [1.82, 2.24) is 9.99 Å². The van der Waals surface area contributed by atoms with E-state index in [2.05, 4.69) is 20.9 Å². The van der Waals surface area contributed by atoms with Crippen LogP contribution in [0.4, 0.5) is 0 Å². The molecule has 5 nitrogen and oxygen atoms in total. The molecule has 1 atom stereocenters. The van der Waals surface area contributed by atoms with Crippen LogP contribution in [-0.2, 0) is 4.79 Å². The second kappa shape index (κ2) is 9.67. The molecular weight excluding hydrogens is 518 g/mol. The number of amides is 1. The van der Waals surface area contributed by atoms with Crippen molar-refractivity contribution in [2.75, 3.05) is 12.9 Å². The summed E-state index contributed by atoms with van der Waals surface area (Å²) in [6.07, 6.45) is 0.658. The first-order chi connectivity index (χ1) is 16.1. The van der Waals surface area contributed by atoms with Crippen molar-refractivity contribution in [1.29, 1.82) is 0 Å². The van der Waals surface area contributed by atoms with Gasteiger partial charge >= 0.3 is 0 Å². The molecule has 33 heavy (non-hydrogen) atoms. The number of nitrogens with zero attached hydrogens (tertiary/aromatic N) is 3. The SMILES string of the molecule is COc1ccc(C2CC(c3ccc(Br)cc3)=NN2C(=O)CSc2nc3ccccc3s2)cc1. The van der Waals surface area contributed by atoms with Crippen molar-refractivity contribution in [3.63, 3.8) is 0 Å². The van der Waals surface area contributed by atoms with Crippen LogP contribution in [0.5, 0.6) is 5.75 Å². The van der Waals surface area contributed by atoms with Crippen LogP contribution in [0.3, 0.4) is 0 Å². The summed E-state index contributed by atoms with van der Waals surface area (Å²) < 4.78 is 8.32. The summed E-state index contributed by atoms with van der Waals surface area (Å²) >= 11 is 6.56. The van der Waals surface area contributed by atoms with Crippen molar-refractivity contribution in [3.05, 3.63) is 88.4 Å². The van der Waals surface area contributed by atoms with Crippen LogP contribution in [-0.4, -0.2) is 34.5 Å². The lowest BCUT2D eigenvalue weighted by molar-refractivity contribution is -0.130. The van der Waals surface area contributed by atoms with E-state index in [1.54, 1.807) is 23.5 Å². The molecule has 2 heterocycles. The predicted octanol–water partition coefficient (Wildman–Crippen LogP) is 6.54. The molecule has 0 spiro atoms. The molecule has 1 amide bonds. The predicted molar refractivity (Wildman–Crippen MR) is 138 cm³/mol. The van der Waals surface area contributed by atoms with Gasteiger partial charge in [-0.05, 0) is 47.5 Å². The Bertz CT molecular complexity index is 1290. The molecule has 3 aromatic carbocycles. The van der Waals surface area contributed by atoms with Gasteiger partial charge in [-0.25, -0.2) is 9.99 Å². The van der Waals surface area contributed by atoms with E-state index >= 15 is 0 Å². The molecule has 0 saturated heterocycles. The third-order valence-corrected chi connectivity index (χ3v) is 8.13. The summed E-state index contributed by atoms with van der Waals surface area (Å²) in [5.41, 5.74) is 3.92. The smallest absolute Gasteiger partial charge is 0.253 e. The van der Waals surface area contributed by atoms with Gasteiger partial charge in [-0.3, -0.25) is 4.79 Å². The van der Waals surface area contributed by atoms with E-state index in [0.29, 0.717) is 6.42 Å². The number of carbonyl (C=O) groups excluding carboxylic acids is 1. The molecule has 0 N–H and O–H groups in total. The van der Waals surface area contributed by atoms with Gasteiger partial charge < -0.3 is 4.74 Å². The topological polar surface area (TPSA) is 54.8 Å². The number of methoxy groups -OCH3 is 1. The average Bonchev–Trinajstić information content (AvgIpc) is 3.48. The molecular formula is C25H20BrN3O2S2. The number of thioether (sulfide) groups is 1. The van der Waals surface area contributed by atoms with Crippen molar-refractivity contribution in [3.8, 4) is 5.75 Å². The lowest BCUT2D eigenvalue weighted by Gasteiger charge is -2.22. The number of hydrogen-bond acceptors (Lipinski definition) is 6. The van der Waals surface area contributed by atoms with E-state index in [0.717, 1.165) is 41.6 Å². The molecule has 0 radical (unpaired) electrons. The Hall–Kier alpha value is -2.68. The first kappa shape index (κ1) is 22.1. The fraction of sp³-hybridized carbons (Fsp3) is 0.160. The third kappa shape index (κ3) is 4.83. The third-order valence-electron chi connectivity index (χ3n) is 5.44. The highest BCUT2D eigenvalue weighted by molar-refractivity contribution is 9.10. The number of halogens is 1. The number of aromatic nitrogens is 1. The second-order valence-corrected chi connectivity index (χ2v) is 10.7. The average molecular weight is 538 g/mol. The Balaban J connectivity index is 1.39. The highest BCUT2D eigenvalue weighted by atomic mass is 79.9. The summed E-state index contributed by atoms with van der Waals surface area (Å²) in [6, 6.07) is 23.8. The molecule has 1 unspecified atom stereocenters. The zero-order valence-electron chi connectivity index (χ0n) is 17.8. The van der Waals surface area contributed by atoms with Crippen LogP contribution in [0.1, 0.15) is 23.6 Å². The fourth-order valence-electron chi connectivity index (χ4n) is 3.75. The Morgan fingerprint density at radius 3 is 2.61 bits per heavy atom. The Kier molecular flexibility index (Phi) is 6.48. The Labute approximate surface area is 208 Å². The standard InChI is InChI=1S/C25H20BrN3O2S2/c1-31-19-12-8-17(9-13-19)22-14-21(16-6-10-18(26)11-7-16)28-29(22)24(30)15-32-25-27-20-4-2-3-5-23(20)33-25/h2-13,22H,14-15H2,1H3. The number of fused-ring (bicyclic) bond motifs is 1. The quantitative estimate of drug-likeness (QED) is 0.262. The molecule has 8 heteroatoms.